The number of fused-ring (bicyclic) bond motifs is 1. The molecule has 0 fully saturated rings. The molecule has 1 heterocycles. The Bertz CT molecular complexity index is 1280. The van der Waals surface area contributed by atoms with E-state index in [4.69, 9.17) is 16.3 Å². The van der Waals surface area contributed by atoms with E-state index >= 15 is 0 Å². The van der Waals surface area contributed by atoms with E-state index in [2.05, 4.69) is 10.1 Å². The summed E-state index contributed by atoms with van der Waals surface area (Å²) in [5.41, 5.74) is 2.27. The van der Waals surface area contributed by atoms with E-state index in [1.54, 1.807) is 19.2 Å². The number of aryl methyl sites for hydroxylation is 2. The highest BCUT2D eigenvalue weighted by molar-refractivity contribution is 6.31. The molecular weight excluding hydrogens is 386 g/mol. The van der Waals surface area contributed by atoms with Crippen LogP contribution < -0.4 is 10.3 Å². The molecule has 6 heteroatoms. The summed E-state index contributed by atoms with van der Waals surface area (Å²) < 4.78 is 7.16. The maximum atomic E-state index is 12.7. The minimum absolute atomic E-state index is 0.192. The Balaban J connectivity index is 1.56. The van der Waals surface area contributed by atoms with E-state index in [1.165, 1.54) is 4.68 Å². The third kappa shape index (κ3) is 4.05. The maximum Gasteiger partial charge on any atom is 0.282 e. The zero-order chi connectivity index (χ0) is 20.4. The molecule has 0 spiro atoms. The maximum absolute atomic E-state index is 12.7. The van der Waals surface area contributed by atoms with Gasteiger partial charge in [0.05, 0.1) is 17.1 Å². The van der Waals surface area contributed by atoms with Crippen LogP contribution in [0.5, 0.6) is 11.5 Å². The molecule has 0 aliphatic carbocycles. The van der Waals surface area contributed by atoms with Gasteiger partial charge in [0.25, 0.3) is 5.56 Å². The third-order valence-electron chi connectivity index (χ3n) is 4.48. The molecule has 1 aromatic heterocycles. The van der Waals surface area contributed by atoms with Crippen molar-refractivity contribution in [2.75, 3.05) is 0 Å². The molecule has 3 aromatic carbocycles. The molecule has 0 aliphatic rings. The lowest BCUT2D eigenvalue weighted by Gasteiger charge is -2.08. The van der Waals surface area contributed by atoms with E-state index in [0.29, 0.717) is 27.5 Å². The highest BCUT2D eigenvalue weighted by Crippen LogP contribution is 2.26. The van der Waals surface area contributed by atoms with Crippen LogP contribution in [0.3, 0.4) is 0 Å². The van der Waals surface area contributed by atoms with Crippen LogP contribution in [0, 0.1) is 13.8 Å². The number of para-hydroxylation sites is 1. The summed E-state index contributed by atoms with van der Waals surface area (Å²) >= 11 is 6.05. The molecule has 5 nitrogen and oxygen atoms in total. The molecule has 29 heavy (non-hydrogen) atoms. The van der Waals surface area contributed by atoms with Crippen LogP contribution in [0.4, 0.5) is 0 Å². The van der Waals surface area contributed by atoms with Gasteiger partial charge in [-0.2, -0.15) is 9.78 Å². The van der Waals surface area contributed by atoms with Crippen LogP contribution in [0.25, 0.3) is 10.9 Å². The van der Waals surface area contributed by atoms with Gasteiger partial charge in [0.15, 0.2) is 0 Å². The van der Waals surface area contributed by atoms with Crippen LogP contribution in [-0.2, 0) is 0 Å². The zero-order valence-electron chi connectivity index (χ0n) is 16.0. The Kier molecular flexibility index (Phi) is 5.14. The summed E-state index contributed by atoms with van der Waals surface area (Å²) in [5, 5.41) is 5.57. The van der Waals surface area contributed by atoms with Gasteiger partial charge in [0, 0.05) is 5.02 Å². The summed E-state index contributed by atoms with van der Waals surface area (Å²) in [6, 6.07) is 20.2. The summed E-state index contributed by atoms with van der Waals surface area (Å²) in [6.45, 7) is 3.69. The fraction of sp³-hybridized carbons (Fsp3) is 0.0870. The first-order valence-electron chi connectivity index (χ1n) is 9.08. The third-order valence-corrected chi connectivity index (χ3v) is 4.91. The van der Waals surface area contributed by atoms with Crippen molar-refractivity contribution < 1.29 is 4.74 Å². The summed E-state index contributed by atoms with van der Waals surface area (Å²) in [6.07, 6.45) is 1.63. The van der Waals surface area contributed by atoms with E-state index < -0.39 is 0 Å². The van der Waals surface area contributed by atoms with Gasteiger partial charge < -0.3 is 4.74 Å². The topological polar surface area (TPSA) is 56.5 Å². The van der Waals surface area contributed by atoms with E-state index in [9.17, 15) is 4.79 Å². The van der Waals surface area contributed by atoms with Gasteiger partial charge >= 0.3 is 0 Å². The highest BCUT2D eigenvalue weighted by atomic mass is 35.5. The molecule has 0 radical (unpaired) electrons. The number of hydrogen-bond donors (Lipinski definition) is 0. The van der Waals surface area contributed by atoms with Gasteiger partial charge in [-0.05, 0) is 79.6 Å². The van der Waals surface area contributed by atoms with Crippen molar-refractivity contribution in [3.8, 4) is 11.5 Å². The van der Waals surface area contributed by atoms with Crippen molar-refractivity contribution in [1.29, 1.82) is 0 Å². The Morgan fingerprint density at radius 1 is 1.00 bits per heavy atom. The molecular formula is C23H18ClN3O2. The average molecular weight is 404 g/mol. The van der Waals surface area contributed by atoms with Gasteiger partial charge in [-0.15, -0.1) is 0 Å². The molecule has 4 rings (SSSR count). The Hall–Kier alpha value is -3.44. The normalized spacial score (nSPS) is 11.3. The molecule has 0 saturated carbocycles. The second kappa shape index (κ2) is 7.89. The van der Waals surface area contributed by atoms with Crippen molar-refractivity contribution in [2.45, 2.75) is 13.8 Å². The molecule has 0 saturated heterocycles. The Morgan fingerprint density at radius 2 is 1.72 bits per heavy atom. The van der Waals surface area contributed by atoms with Gasteiger partial charge in [0.2, 0.25) is 0 Å². The number of hydrogen-bond acceptors (Lipinski definition) is 4. The molecule has 0 atom stereocenters. The first kappa shape index (κ1) is 18.9. The molecule has 0 amide bonds. The molecule has 0 aliphatic heterocycles. The Morgan fingerprint density at radius 3 is 2.48 bits per heavy atom. The first-order chi connectivity index (χ1) is 14.0. The monoisotopic (exact) mass is 403 g/mol. The average Bonchev–Trinajstić information content (AvgIpc) is 2.72. The number of ether oxygens (including phenoxy) is 1. The second-order valence-electron chi connectivity index (χ2n) is 6.62. The van der Waals surface area contributed by atoms with Crippen molar-refractivity contribution in [3.05, 3.63) is 99.1 Å². The van der Waals surface area contributed by atoms with Gasteiger partial charge in [-0.25, -0.2) is 4.98 Å². The first-order valence-corrected chi connectivity index (χ1v) is 9.46. The van der Waals surface area contributed by atoms with E-state index in [1.807, 2.05) is 67.6 Å². The minimum atomic E-state index is -0.192. The lowest BCUT2D eigenvalue weighted by Crippen LogP contribution is -2.20. The quantitative estimate of drug-likeness (QED) is 0.432. The van der Waals surface area contributed by atoms with E-state index in [-0.39, 0.29) is 5.56 Å². The summed E-state index contributed by atoms with van der Waals surface area (Å²) in [4.78, 5) is 17.1. The van der Waals surface area contributed by atoms with Crippen molar-refractivity contribution in [3.63, 3.8) is 0 Å². The van der Waals surface area contributed by atoms with E-state index in [0.717, 1.165) is 16.9 Å². The zero-order valence-corrected chi connectivity index (χ0v) is 16.7. The molecule has 0 N–H and O–H groups in total. The van der Waals surface area contributed by atoms with Crippen molar-refractivity contribution in [2.24, 2.45) is 5.10 Å². The van der Waals surface area contributed by atoms with Crippen LogP contribution in [0.15, 0.2) is 76.6 Å². The van der Waals surface area contributed by atoms with Crippen LogP contribution in [0.1, 0.15) is 17.0 Å². The fourth-order valence-corrected chi connectivity index (χ4v) is 3.05. The number of aromatic nitrogens is 2. The number of nitrogens with zero attached hydrogens (tertiary/aromatic N) is 3. The lowest BCUT2D eigenvalue weighted by atomic mass is 10.2. The SMILES string of the molecule is Cc1cc(Oc2ccc(/C=N/n3c(C)nc4ccccc4c3=O)cc2)ccc1Cl. The standard InChI is InChI=1S/C23H18ClN3O2/c1-15-13-19(11-12-21(15)24)29-18-9-7-17(8-10-18)14-25-27-16(2)26-22-6-4-3-5-20(22)23(27)28/h3-14H,1-2H3/b25-14+. The predicted molar refractivity (Wildman–Crippen MR) is 116 cm³/mol. The van der Waals surface area contributed by atoms with Gasteiger partial charge in [-0.1, -0.05) is 23.7 Å². The number of benzene rings is 3. The summed E-state index contributed by atoms with van der Waals surface area (Å²) in [5.74, 6) is 1.95. The van der Waals surface area contributed by atoms with Crippen molar-refractivity contribution >= 4 is 28.7 Å². The molecule has 0 unspecified atom stereocenters. The van der Waals surface area contributed by atoms with Crippen LogP contribution in [-0.4, -0.2) is 15.9 Å². The van der Waals surface area contributed by atoms with Gasteiger partial charge in [-0.3, -0.25) is 4.79 Å². The number of rotatable bonds is 4. The predicted octanol–water partition coefficient (Wildman–Crippen LogP) is 5.34. The minimum Gasteiger partial charge on any atom is -0.457 e. The van der Waals surface area contributed by atoms with Gasteiger partial charge in [0.1, 0.15) is 17.3 Å². The smallest absolute Gasteiger partial charge is 0.282 e. The largest absolute Gasteiger partial charge is 0.457 e. The van der Waals surface area contributed by atoms with Crippen LogP contribution >= 0.6 is 11.6 Å². The lowest BCUT2D eigenvalue weighted by molar-refractivity contribution is 0.482. The molecule has 4 aromatic rings. The fourth-order valence-electron chi connectivity index (χ4n) is 2.93. The second-order valence-corrected chi connectivity index (χ2v) is 7.03. The van der Waals surface area contributed by atoms with Crippen LogP contribution in [0.2, 0.25) is 5.02 Å². The molecule has 0 bridgehead atoms. The summed E-state index contributed by atoms with van der Waals surface area (Å²) in [7, 11) is 0. The Labute approximate surface area is 172 Å². The molecule has 144 valence electrons. The van der Waals surface area contributed by atoms with Crippen molar-refractivity contribution in [1.82, 2.24) is 9.66 Å². The highest BCUT2D eigenvalue weighted by Gasteiger charge is 2.06. The number of halogens is 1.